The molecule has 240 valence electrons. The van der Waals surface area contributed by atoms with Gasteiger partial charge >= 0.3 is 18.0 Å². The number of non-ortho nitro benzene ring substituents is 2. The summed E-state index contributed by atoms with van der Waals surface area (Å²) in [5.41, 5.74) is 5.20. The van der Waals surface area contributed by atoms with Crippen LogP contribution in [0, 0.1) is 20.2 Å². The topological polar surface area (TPSA) is 251 Å². The minimum absolute atomic E-state index is 0. The lowest BCUT2D eigenvalue weighted by molar-refractivity contribution is -0.385. The number of anilines is 2. The van der Waals surface area contributed by atoms with Crippen molar-refractivity contribution in [3.8, 4) is 22.5 Å². The van der Waals surface area contributed by atoms with Gasteiger partial charge in [0.05, 0.1) is 43.7 Å². The molecule has 4 aromatic rings. The lowest BCUT2D eigenvalue weighted by Crippen LogP contribution is -2.28. The molecular weight excluding hydrogens is 604 g/mol. The number of carbonyl (C=O) groups excluding carboxylic acids is 1. The fourth-order valence-electron chi connectivity index (χ4n) is 3.81. The maximum Gasteiger partial charge on any atom is 0.412 e. The lowest BCUT2D eigenvalue weighted by atomic mass is 10.1. The van der Waals surface area contributed by atoms with Gasteiger partial charge in [-0.15, -0.1) is 0 Å². The van der Waals surface area contributed by atoms with Gasteiger partial charge in [0, 0.05) is 47.8 Å². The van der Waals surface area contributed by atoms with Crippen LogP contribution in [0.3, 0.4) is 0 Å². The number of carboxylic acids is 2. The molecule has 5 N–H and O–H groups in total. The molecule has 46 heavy (non-hydrogen) atoms. The van der Waals surface area contributed by atoms with E-state index in [0.717, 1.165) is 0 Å². The SMILES string of the molecule is C.CC(C)(C)OC(=O)Nc1c(C(=O)O)ccnc1-c1cccc([N+](=O)[O-])c1.Nc1c(C(=O)O)ccnc1-c1cccc([N+](=O)[O-])c1. The Balaban J connectivity index is 0.000000328. The van der Waals surface area contributed by atoms with Gasteiger partial charge in [-0.05, 0) is 32.9 Å². The van der Waals surface area contributed by atoms with Gasteiger partial charge in [0.1, 0.15) is 5.60 Å². The molecule has 0 fully saturated rings. The molecule has 0 saturated carbocycles. The Labute approximate surface area is 261 Å². The fraction of sp³-hybridized carbons (Fsp3) is 0.167. The highest BCUT2D eigenvalue weighted by Crippen LogP contribution is 2.32. The van der Waals surface area contributed by atoms with Crippen LogP contribution < -0.4 is 11.1 Å². The average molecular weight is 635 g/mol. The number of nitrogens with zero attached hydrogens (tertiary/aromatic N) is 4. The smallest absolute Gasteiger partial charge is 0.412 e. The maximum atomic E-state index is 12.1. The van der Waals surface area contributed by atoms with Gasteiger partial charge in [-0.3, -0.25) is 35.5 Å². The number of nitrogens with one attached hydrogen (secondary N) is 1. The van der Waals surface area contributed by atoms with E-state index >= 15 is 0 Å². The molecule has 0 spiro atoms. The third-order valence-corrected chi connectivity index (χ3v) is 5.69. The first-order valence-electron chi connectivity index (χ1n) is 12.8. The van der Waals surface area contributed by atoms with Gasteiger partial charge in [0.15, 0.2) is 0 Å². The van der Waals surface area contributed by atoms with E-state index in [0.29, 0.717) is 5.56 Å². The molecule has 16 heteroatoms. The molecular formula is C30H30N6O10. The van der Waals surface area contributed by atoms with Crippen molar-refractivity contribution in [3.05, 3.63) is 104 Å². The molecule has 0 atom stereocenters. The Hall–Kier alpha value is -6.45. The van der Waals surface area contributed by atoms with Crippen molar-refractivity contribution in [1.82, 2.24) is 9.97 Å². The van der Waals surface area contributed by atoms with Crippen LogP contribution in [-0.2, 0) is 4.74 Å². The van der Waals surface area contributed by atoms with Crippen LogP contribution in [0.4, 0.5) is 27.5 Å². The average Bonchev–Trinajstić information content (AvgIpc) is 2.96. The van der Waals surface area contributed by atoms with E-state index in [2.05, 4.69) is 15.3 Å². The van der Waals surface area contributed by atoms with Gasteiger partial charge in [-0.2, -0.15) is 0 Å². The zero-order chi connectivity index (χ0) is 33.5. The van der Waals surface area contributed by atoms with Crippen molar-refractivity contribution >= 4 is 40.8 Å². The number of aromatic nitrogens is 2. The molecule has 0 aliphatic heterocycles. The summed E-state index contributed by atoms with van der Waals surface area (Å²) in [6.45, 7) is 4.99. The highest BCUT2D eigenvalue weighted by Gasteiger charge is 2.23. The van der Waals surface area contributed by atoms with Crippen molar-refractivity contribution < 1.29 is 39.2 Å². The normalized spacial score (nSPS) is 10.3. The molecule has 4 rings (SSSR count). The Morgan fingerprint density at radius 2 is 1.26 bits per heavy atom. The molecule has 0 bridgehead atoms. The van der Waals surface area contributed by atoms with Crippen molar-refractivity contribution in [2.75, 3.05) is 11.1 Å². The van der Waals surface area contributed by atoms with Gasteiger partial charge < -0.3 is 20.7 Å². The summed E-state index contributed by atoms with van der Waals surface area (Å²) in [5.74, 6) is -2.46. The van der Waals surface area contributed by atoms with E-state index in [4.69, 9.17) is 15.6 Å². The second-order valence-corrected chi connectivity index (χ2v) is 10.1. The van der Waals surface area contributed by atoms with E-state index < -0.39 is 33.5 Å². The van der Waals surface area contributed by atoms with Crippen LogP contribution in [0.15, 0.2) is 73.1 Å². The Kier molecular flexibility index (Phi) is 11.5. The van der Waals surface area contributed by atoms with Crippen LogP contribution in [-0.4, -0.2) is 53.7 Å². The summed E-state index contributed by atoms with van der Waals surface area (Å²) in [6.07, 6.45) is 1.69. The second kappa shape index (κ2) is 14.8. The monoisotopic (exact) mass is 634 g/mol. The van der Waals surface area contributed by atoms with Crippen LogP contribution in [0.1, 0.15) is 48.9 Å². The summed E-state index contributed by atoms with van der Waals surface area (Å²) in [5, 5.41) is 42.4. The molecule has 1 amide bonds. The number of hydrogen-bond donors (Lipinski definition) is 4. The van der Waals surface area contributed by atoms with Crippen molar-refractivity contribution in [2.45, 2.75) is 33.8 Å². The predicted octanol–water partition coefficient (Wildman–Crippen LogP) is 6.28. The minimum atomic E-state index is -1.29. The van der Waals surface area contributed by atoms with E-state index in [9.17, 15) is 39.7 Å². The van der Waals surface area contributed by atoms with Gasteiger partial charge in [0.25, 0.3) is 11.4 Å². The zero-order valence-electron chi connectivity index (χ0n) is 24.0. The van der Waals surface area contributed by atoms with E-state index in [1.807, 2.05) is 0 Å². The number of carboxylic acid groups (broad SMARTS) is 2. The van der Waals surface area contributed by atoms with Crippen molar-refractivity contribution in [2.24, 2.45) is 0 Å². The number of pyridine rings is 2. The molecule has 0 radical (unpaired) electrons. The summed E-state index contributed by atoms with van der Waals surface area (Å²) >= 11 is 0. The molecule has 0 unspecified atom stereocenters. The third-order valence-electron chi connectivity index (χ3n) is 5.69. The van der Waals surface area contributed by atoms with Gasteiger partial charge in [-0.25, -0.2) is 14.4 Å². The summed E-state index contributed by atoms with van der Waals surface area (Å²) < 4.78 is 5.15. The van der Waals surface area contributed by atoms with E-state index in [-0.39, 0.29) is 58.3 Å². The molecule has 0 aliphatic rings. The number of nitrogen functional groups attached to an aromatic ring is 1. The lowest BCUT2D eigenvalue weighted by Gasteiger charge is -2.21. The number of ether oxygens (including phenoxy) is 1. The standard InChI is InChI=1S/C17H17N3O6.C12H9N3O4.CH4/c1-17(2,3)26-16(23)19-14-12(15(21)22)7-8-18-13(14)10-5-4-6-11(9-10)20(24)25;13-10-9(12(16)17)4-5-14-11(10)7-2-1-3-8(6-7)15(18)19;/h4-9H,1-3H3,(H,19,23)(H,21,22);1-6H,13H2,(H,16,17);1H4. The van der Waals surface area contributed by atoms with E-state index in [1.54, 1.807) is 26.8 Å². The quantitative estimate of drug-likeness (QED) is 0.129. The number of nitro groups is 2. The summed E-state index contributed by atoms with van der Waals surface area (Å²) in [7, 11) is 0. The van der Waals surface area contributed by atoms with Crippen molar-refractivity contribution in [1.29, 1.82) is 0 Å². The van der Waals surface area contributed by atoms with Crippen molar-refractivity contribution in [3.63, 3.8) is 0 Å². The van der Waals surface area contributed by atoms with E-state index in [1.165, 1.54) is 67.0 Å². The van der Waals surface area contributed by atoms with Crippen LogP contribution >= 0.6 is 0 Å². The molecule has 16 nitrogen and oxygen atoms in total. The number of nitro benzene ring substituents is 2. The Morgan fingerprint density at radius 1 is 0.804 bits per heavy atom. The minimum Gasteiger partial charge on any atom is -0.478 e. The number of amides is 1. The first-order chi connectivity index (χ1) is 21.1. The zero-order valence-corrected chi connectivity index (χ0v) is 24.0. The van der Waals surface area contributed by atoms with Crippen LogP contribution in [0.2, 0.25) is 0 Å². The van der Waals surface area contributed by atoms with Gasteiger partial charge in [0.2, 0.25) is 0 Å². The van der Waals surface area contributed by atoms with Gasteiger partial charge in [-0.1, -0.05) is 31.7 Å². The highest BCUT2D eigenvalue weighted by molar-refractivity contribution is 6.03. The number of rotatable bonds is 7. The Bertz CT molecular complexity index is 1800. The van der Waals surface area contributed by atoms with Crippen LogP contribution in [0.5, 0.6) is 0 Å². The first-order valence-corrected chi connectivity index (χ1v) is 12.8. The largest absolute Gasteiger partial charge is 0.478 e. The summed E-state index contributed by atoms with van der Waals surface area (Å²) in [6, 6.07) is 13.7. The maximum absolute atomic E-state index is 12.1. The highest BCUT2D eigenvalue weighted by atomic mass is 16.6. The molecule has 2 aromatic heterocycles. The van der Waals surface area contributed by atoms with Crippen LogP contribution in [0.25, 0.3) is 22.5 Å². The first kappa shape index (κ1) is 35.7. The molecule has 0 aliphatic carbocycles. The fourth-order valence-corrected chi connectivity index (χ4v) is 3.81. The number of benzene rings is 2. The molecule has 0 saturated heterocycles. The number of hydrogen-bond acceptors (Lipinski definition) is 11. The number of aromatic carboxylic acids is 2. The summed E-state index contributed by atoms with van der Waals surface area (Å²) in [4.78, 5) is 63.2. The second-order valence-electron chi connectivity index (χ2n) is 10.1. The number of nitrogens with two attached hydrogens (primary N) is 1. The molecule has 2 heterocycles. The molecule has 2 aromatic carbocycles. The third kappa shape index (κ3) is 9.03. The number of carbonyl (C=O) groups is 3. The Morgan fingerprint density at radius 3 is 1.72 bits per heavy atom. The predicted molar refractivity (Wildman–Crippen MR) is 168 cm³/mol.